The predicted octanol–water partition coefficient (Wildman–Crippen LogP) is 3.92. The SMILES string of the molecule is CCCC1(C)CCCN(C(=NC)NCCc2ccco2)C1.I. The summed E-state index contributed by atoms with van der Waals surface area (Å²) >= 11 is 0. The molecule has 0 radical (unpaired) electrons. The van der Waals surface area contributed by atoms with E-state index in [1.807, 2.05) is 19.2 Å². The second-order valence-corrected chi connectivity index (χ2v) is 6.39. The maximum Gasteiger partial charge on any atom is 0.193 e. The minimum absolute atomic E-state index is 0. The van der Waals surface area contributed by atoms with E-state index in [1.54, 1.807) is 6.26 Å². The number of nitrogens with one attached hydrogen (secondary N) is 1. The van der Waals surface area contributed by atoms with Gasteiger partial charge in [0.25, 0.3) is 0 Å². The number of nitrogens with zero attached hydrogens (tertiary/aromatic N) is 2. The Morgan fingerprint density at radius 3 is 2.95 bits per heavy atom. The zero-order chi connectivity index (χ0) is 15.1. The van der Waals surface area contributed by atoms with Crippen molar-refractivity contribution in [2.24, 2.45) is 10.4 Å². The molecule has 1 N–H and O–H groups in total. The Morgan fingerprint density at radius 1 is 1.50 bits per heavy atom. The highest BCUT2D eigenvalue weighted by molar-refractivity contribution is 14.0. The lowest BCUT2D eigenvalue weighted by Gasteiger charge is -2.42. The molecule has 1 unspecified atom stereocenters. The number of halogens is 1. The molecule has 0 spiro atoms. The lowest BCUT2D eigenvalue weighted by Crippen LogP contribution is -2.50. The van der Waals surface area contributed by atoms with Crippen LogP contribution < -0.4 is 5.32 Å². The highest BCUT2D eigenvalue weighted by Crippen LogP contribution is 2.33. The van der Waals surface area contributed by atoms with Crippen LogP contribution in [0.15, 0.2) is 27.8 Å². The highest BCUT2D eigenvalue weighted by atomic mass is 127. The number of piperidine rings is 1. The Balaban J connectivity index is 0.00000242. The van der Waals surface area contributed by atoms with Crippen molar-refractivity contribution in [1.29, 1.82) is 0 Å². The molecule has 1 aliphatic rings. The maximum atomic E-state index is 5.37. The number of hydrogen-bond donors (Lipinski definition) is 1. The molecule has 5 heteroatoms. The van der Waals surface area contributed by atoms with Crippen LogP contribution in [0.25, 0.3) is 0 Å². The molecule has 1 saturated heterocycles. The summed E-state index contributed by atoms with van der Waals surface area (Å²) in [5.74, 6) is 2.05. The number of rotatable bonds is 5. The van der Waals surface area contributed by atoms with Crippen LogP contribution in [0.5, 0.6) is 0 Å². The van der Waals surface area contributed by atoms with Crippen molar-refractivity contribution in [3.05, 3.63) is 24.2 Å². The molecule has 0 bridgehead atoms. The molecule has 2 heterocycles. The first-order valence-corrected chi connectivity index (χ1v) is 8.15. The van der Waals surface area contributed by atoms with Gasteiger partial charge in [-0.1, -0.05) is 20.3 Å². The summed E-state index contributed by atoms with van der Waals surface area (Å²) in [4.78, 5) is 6.88. The van der Waals surface area contributed by atoms with E-state index in [4.69, 9.17) is 4.42 Å². The van der Waals surface area contributed by atoms with E-state index in [0.717, 1.165) is 37.8 Å². The van der Waals surface area contributed by atoms with Gasteiger partial charge in [0.05, 0.1) is 6.26 Å². The van der Waals surface area contributed by atoms with Crippen LogP contribution in [0.2, 0.25) is 0 Å². The van der Waals surface area contributed by atoms with Crippen LogP contribution >= 0.6 is 24.0 Å². The van der Waals surface area contributed by atoms with Gasteiger partial charge in [-0.15, -0.1) is 24.0 Å². The lowest BCUT2D eigenvalue weighted by molar-refractivity contribution is 0.142. The first kappa shape index (κ1) is 19.3. The van der Waals surface area contributed by atoms with Crippen molar-refractivity contribution >= 4 is 29.9 Å². The van der Waals surface area contributed by atoms with E-state index in [-0.39, 0.29) is 24.0 Å². The van der Waals surface area contributed by atoms with E-state index in [2.05, 4.69) is 29.1 Å². The molecule has 4 nitrogen and oxygen atoms in total. The fraction of sp³-hybridized carbons (Fsp3) is 0.706. The van der Waals surface area contributed by atoms with Gasteiger partial charge < -0.3 is 14.6 Å². The van der Waals surface area contributed by atoms with Crippen molar-refractivity contribution in [2.45, 2.75) is 46.0 Å². The molecule has 1 aromatic rings. The maximum absolute atomic E-state index is 5.37. The Morgan fingerprint density at radius 2 is 2.32 bits per heavy atom. The molecule has 1 atom stereocenters. The second-order valence-electron chi connectivity index (χ2n) is 6.39. The highest BCUT2D eigenvalue weighted by Gasteiger charge is 2.31. The molecule has 0 aromatic carbocycles. The standard InChI is InChI=1S/C17H29N3O.HI/c1-4-9-17(2)10-6-12-20(14-17)16(18-3)19-11-8-15-7-5-13-21-15;/h5,7,13H,4,6,8-12,14H2,1-3H3,(H,18,19);1H. The minimum Gasteiger partial charge on any atom is -0.469 e. The molecular weight excluding hydrogens is 389 g/mol. The monoisotopic (exact) mass is 419 g/mol. The Labute approximate surface area is 151 Å². The first-order chi connectivity index (χ1) is 10.2. The third-order valence-corrected chi connectivity index (χ3v) is 4.38. The van der Waals surface area contributed by atoms with Gasteiger partial charge in [-0.3, -0.25) is 4.99 Å². The van der Waals surface area contributed by atoms with Crippen molar-refractivity contribution < 1.29 is 4.42 Å². The summed E-state index contributed by atoms with van der Waals surface area (Å²) in [6.07, 6.45) is 7.77. The van der Waals surface area contributed by atoms with Gasteiger partial charge in [0, 0.05) is 33.1 Å². The Hall–Kier alpha value is -0.720. The summed E-state index contributed by atoms with van der Waals surface area (Å²) in [5, 5.41) is 3.47. The average Bonchev–Trinajstić information content (AvgIpc) is 2.97. The van der Waals surface area contributed by atoms with Crippen molar-refractivity contribution in [2.75, 3.05) is 26.7 Å². The van der Waals surface area contributed by atoms with E-state index in [9.17, 15) is 0 Å². The van der Waals surface area contributed by atoms with Gasteiger partial charge in [0.15, 0.2) is 5.96 Å². The number of likely N-dealkylation sites (tertiary alicyclic amines) is 1. The van der Waals surface area contributed by atoms with Crippen molar-refractivity contribution in [3.63, 3.8) is 0 Å². The lowest BCUT2D eigenvalue weighted by atomic mass is 9.78. The summed E-state index contributed by atoms with van der Waals surface area (Å²) in [5.41, 5.74) is 0.436. The van der Waals surface area contributed by atoms with Gasteiger partial charge in [0.1, 0.15) is 5.76 Å². The normalized spacial score (nSPS) is 22.3. The molecule has 2 rings (SSSR count). The number of aliphatic imine (C=N–C) groups is 1. The Bertz CT molecular complexity index is 443. The van der Waals surface area contributed by atoms with Gasteiger partial charge in [-0.25, -0.2) is 0 Å². The minimum atomic E-state index is 0. The van der Waals surface area contributed by atoms with Crippen LogP contribution in [-0.4, -0.2) is 37.5 Å². The molecule has 1 fully saturated rings. The van der Waals surface area contributed by atoms with Crippen LogP contribution in [0, 0.1) is 5.41 Å². The van der Waals surface area contributed by atoms with E-state index in [0.29, 0.717) is 5.41 Å². The average molecular weight is 419 g/mol. The molecular formula is C17H30IN3O. The zero-order valence-corrected chi connectivity index (χ0v) is 16.4. The zero-order valence-electron chi connectivity index (χ0n) is 14.1. The quantitative estimate of drug-likeness (QED) is 0.447. The summed E-state index contributed by atoms with van der Waals surface area (Å²) in [6, 6.07) is 3.95. The molecule has 22 heavy (non-hydrogen) atoms. The summed E-state index contributed by atoms with van der Waals surface area (Å²) in [7, 11) is 1.88. The van der Waals surface area contributed by atoms with E-state index in [1.165, 1.54) is 25.7 Å². The summed E-state index contributed by atoms with van der Waals surface area (Å²) in [6.45, 7) is 7.78. The molecule has 1 aromatic heterocycles. The predicted molar refractivity (Wildman–Crippen MR) is 103 cm³/mol. The largest absolute Gasteiger partial charge is 0.469 e. The topological polar surface area (TPSA) is 40.8 Å². The molecule has 126 valence electrons. The smallest absolute Gasteiger partial charge is 0.193 e. The van der Waals surface area contributed by atoms with Crippen LogP contribution in [0.4, 0.5) is 0 Å². The number of guanidine groups is 1. The van der Waals surface area contributed by atoms with Crippen LogP contribution in [0.1, 0.15) is 45.3 Å². The third kappa shape index (κ3) is 5.48. The fourth-order valence-electron chi connectivity index (χ4n) is 3.39. The van der Waals surface area contributed by atoms with Gasteiger partial charge in [-0.05, 0) is 36.8 Å². The van der Waals surface area contributed by atoms with E-state index < -0.39 is 0 Å². The van der Waals surface area contributed by atoms with Gasteiger partial charge in [0.2, 0.25) is 0 Å². The molecule has 1 aliphatic heterocycles. The molecule has 0 amide bonds. The fourth-order valence-corrected chi connectivity index (χ4v) is 3.39. The van der Waals surface area contributed by atoms with Crippen LogP contribution in [-0.2, 0) is 6.42 Å². The molecule has 0 saturated carbocycles. The van der Waals surface area contributed by atoms with Crippen molar-refractivity contribution in [1.82, 2.24) is 10.2 Å². The number of furan rings is 1. The summed E-state index contributed by atoms with van der Waals surface area (Å²) < 4.78 is 5.37. The molecule has 0 aliphatic carbocycles. The number of hydrogen-bond acceptors (Lipinski definition) is 2. The van der Waals surface area contributed by atoms with E-state index >= 15 is 0 Å². The second kappa shape index (κ2) is 9.43. The van der Waals surface area contributed by atoms with Gasteiger partial charge >= 0.3 is 0 Å². The van der Waals surface area contributed by atoms with Crippen LogP contribution in [0.3, 0.4) is 0 Å². The first-order valence-electron chi connectivity index (χ1n) is 8.15. The van der Waals surface area contributed by atoms with Gasteiger partial charge in [-0.2, -0.15) is 0 Å². The van der Waals surface area contributed by atoms with Crippen molar-refractivity contribution in [3.8, 4) is 0 Å². The third-order valence-electron chi connectivity index (χ3n) is 4.38. The Kier molecular flexibility index (Phi) is 8.28.